The Labute approximate surface area is 131 Å². The maximum atomic E-state index is 12.1. The second kappa shape index (κ2) is 6.65. The minimum absolute atomic E-state index is 0.0159. The van der Waals surface area contributed by atoms with Gasteiger partial charge in [-0.15, -0.1) is 0 Å². The van der Waals surface area contributed by atoms with Gasteiger partial charge in [-0.2, -0.15) is 0 Å². The lowest BCUT2D eigenvalue weighted by molar-refractivity contribution is 0.0921. The van der Waals surface area contributed by atoms with Gasteiger partial charge in [-0.3, -0.25) is 4.79 Å². The average molecular weight is 298 g/mol. The number of carbonyl (C=O) groups is 1. The molecule has 116 valence electrons. The van der Waals surface area contributed by atoms with Gasteiger partial charge in [-0.1, -0.05) is 45.0 Å². The van der Waals surface area contributed by atoms with Crippen LogP contribution < -0.4 is 9.47 Å². The van der Waals surface area contributed by atoms with Crippen LogP contribution in [0, 0.1) is 0 Å². The maximum absolute atomic E-state index is 12.1. The molecule has 0 N–H and O–H groups in total. The lowest BCUT2D eigenvalue weighted by Crippen LogP contribution is -2.13. The van der Waals surface area contributed by atoms with Crippen LogP contribution in [-0.4, -0.2) is 19.5 Å². The quantitative estimate of drug-likeness (QED) is 0.774. The third-order valence-electron chi connectivity index (χ3n) is 3.48. The summed E-state index contributed by atoms with van der Waals surface area (Å²) in [5, 5.41) is 0. The van der Waals surface area contributed by atoms with Crippen molar-refractivity contribution in [2.45, 2.75) is 26.2 Å². The first kappa shape index (κ1) is 16.1. The number of methoxy groups -OCH3 is 1. The van der Waals surface area contributed by atoms with Crippen LogP contribution in [0.5, 0.6) is 11.5 Å². The third-order valence-corrected chi connectivity index (χ3v) is 3.48. The normalized spacial score (nSPS) is 11.1. The van der Waals surface area contributed by atoms with Crippen molar-refractivity contribution in [3.63, 3.8) is 0 Å². The van der Waals surface area contributed by atoms with Crippen molar-refractivity contribution in [3.05, 3.63) is 59.7 Å². The molecule has 0 amide bonds. The molecule has 0 unspecified atom stereocenters. The van der Waals surface area contributed by atoms with Crippen LogP contribution in [-0.2, 0) is 5.41 Å². The summed E-state index contributed by atoms with van der Waals surface area (Å²) < 4.78 is 10.7. The van der Waals surface area contributed by atoms with Gasteiger partial charge in [0.15, 0.2) is 12.4 Å². The fourth-order valence-corrected chi connectivity index (χ4v) is 2.08. The number of benzene rings is 2. The third kappa shape index (κ3) is 4.10. The predicted molar refractivity (Wildman–Crippen MR) is 88.0 cm³/mol. The zero-order valence-corrected chi connectivity index (χ0v) is 13.6. The highest BCUT2D eigenvalue weighted by Crippen LogP contribution is 2.24. The van der Waals surface area contributed by atoms with E-state index in [9.17, 15) is 4.79 Å². The van der Waals surface area contributed by atoms with Crippen molar-refractivity contribution in [3.8, 4) is 11.5 Å². The van der Waals surface area contributed by atoms with Gasteiger partial charge in [0.05, 0.1) is 7.11 Å². The van der Waals surface area contributed by atoms with Gasteiger partial charge in [0.1, 0.15) is 11.5 Å². The number of hydrogen-bond donors (Lipinski definition) is 0. The molecule has 2 aromatic carbocycles. The van der Waals surface area contributed by atoms with Gasteiger partial charge in [-0.25, -0.2) is 0 Å². The van der Waals surface area contributed by atoms with E-state index in [1.54, 1.807) is 25.3 Å². The highest BCUT2D eigenvalue weighted by atomic mass is 16.5. The van der Waals surface area contributed by atoms with Crippen molar-refractivity contribution in [1.82, 2.24) is 0 Å². The van der Waals surface area contributed by atoms with Gasteiger partial charge in [0, 0.05) is 5.56 Å². The lowest BCUT2D eigenvalue weighted by Gasteiger charge is -2.19. The van der Waals surface area contributed by atoms with E-state index < -0.39 is 0 Å². The molecular weight excluding hydrogens is 276 g/mol. The van der Waals surface area contributed by atoms with Crippen molar-refractivity contribution < 1.29 is 14.3 Å². The van der Waals surface area contributed by atoms with E-state index in [2.05, 4.69) is 20.8 Å². The molecule has 0 saturated carbocycles. The van der Waals surface area contributed by atoms with Crippen LogP contribution in [0.25, 0.3) is 0 Å². The first-order chi connectivity index (χ1) is 10.4. The second-order valence-electron chi connectivity index (χ2n) is 6.22. The topological polar surface area (TPSA) is 35.5 Å². The molecule has 0 aliphatic carbocycles. The summed E-state index contributed by atoms with van der Waals surface area (Å²) in [6.07, 6.45) is 0. The van der Waals surface area contributed by atoms with Crippen molar-refractivity contribution in [2.75, 3.05) is 13.7 Å². The monoisotopic (exact) mass is 298 g/mol. The van der Waals surface area contributed by atoms with Crippen molar-refractivity contribution >= 4 is 5.78 Å². The number of carbonyl (C=O) groups excluding carboxylic acids is 1. The van der Waals surface area contributed by atoms with Gasteiger partial charge >= 0.3 is 0 Å². The molecule has 0 spiro atoms. The fraction of sp³-hybridized carbons (Fsp3) is 0.316. The van der Waals surface area contributed by atoms with E-state index in [4.69, 9.17) is 9.47 Å². The van der Waals surface area contributed by atoms with Gasteiger partial charge < -0.3 is 9.47 Å². The van der Waals surface area contributed by atoms with Crippen LogP contribution in [0.3, 0.4) is 0 Å². The molecule has 0 bridgehead atoms. The number of Topliss-reactive ketones (excluding diaryl/α,β-unsaturated/α-hetero) is 1. The molecule has 0 aliphatic rings. The minimum Gasteiger partial charge on any atom is -0.497 e. The van der Waals surface area contributed by atoms with Crippen molar-refractivity contribution in [2.24, 2.45) is 0 Å². The van der Waals surface area contributed by atoms with E-state index >= 15 is 0 Å². The highest BCUT2D eigenvalue weighted by Gasteiger charge is 2.13. The number of ether oxygens (including phenoxy) is 2. The lowest BCUT2D eigenvalue weighted by atomic mass is 9.87. The zero-order chi connectivity index (χ0) is 16.2. The van der Waals surface area contributed by atoms with Crippen LogP contribution in [0.1, 0.15) is 36.7 Å². The first-order valence-corrected chi connectivity index (χ1v) is 7.31. The summed E-state index contributed by atoms with van der Waals surface area (Å²) in [7, 11) is 1.58. The van der Waals surface area contributed by atoms with E-state index in [0.717, 1.165) is 0 Å². The van der Waals surface area contributed by atoms with Crippen molar-refractivity contribution in [1.29, 1.82) is 0 Å². The molecule has 0 aromatic heterocycles. The molecule has 0 radical (unpaired) electrons. The number of ketones is 1. The van der Waals surface area contributed by atoms with E-state index in [-0.39, 0.29) is 17.8 Å². The van der Waals surface area contributed by atoms with Gasteiger partial charge in [0.25, 0.3) is 0 Å². The smallest absolute Gasteiger partial charge is 0.200 e. The summed E-state index contributed by atoms with van der Waals surface area (Å²) in [6.45, 7) is 6.50. The molecule has 0 saturated heterocycles. The van der Waals surface area contributed by atoms with Crippen LogP contribution in [0.15, 0.2) is 48.5 Å². The summed E-state index contributed by atoms with van der Waals surface area (Å²) in [6, 6.07) is 15.0. The minimum atomic E-state index is -0.0706. The fourth-order valence-electron chi connectivity index (χ4n) is 2.08. The Balaban J connectivity index is 1.99. The molecule has 2 rings (SSSR count). The summed E-state index contributed by atoms with van der Waals surface area (Å²) in [4.78, 5) is 12.1. The Morgan fingerprint density at radius 2 is 1.68 bits per heavy atom. The molecular formula is C19H22O3. The Bertz CT molecular complexity index is 636. The summed E-state index contributed by atoms with van der Waals surface area (Å²) in [5.74, 6) is 1.29. The second-order valence-corrected chi connectivity index (χ2v) is 6.22. The van der Waals surface area contributed by atoms with Gasteiger partial charge in [0.2, 0.25) is 0 Å². The molecule has 0 aliphatic heterocycles. The zero-order valence-electron chi connectivity index (χ0n) is 13.6. The Morgan fingerprint density at radius 3 is 2.27 bits per heavy atom. The predicted octanol–water partition coefficient (Wildman–Crippen LogP) is 4.25. The van der Waals surface area contributed by atoms with Crippen LogP contribution in [0.4, 0.5) is 0 Å². The molecule has 0 atom stereocenters. The Morgan fingerprint density at radius 1 is 1.00 bits per heavy atom. The van der Waals surface area contributed by atoms with Crippen LogP contribution >= 0.6 is 0 Å². The van der Waals surface area contributed by atoms with E-state index in [1.165, 1.54) is 5.56 Å². The van der Waals surface area contributed by atoms with E-state index in [1.807, 2.05) is 30.3 Å². The SMILES string of the molecule is COc1cccc(C(=O)COc2ccc(C(C)(C)C)cc2)c1. The molecule has 3 nitrogen and oxygen atoms in total. The molecule has 3 heteroatoms. The molecule has 22 heavy (non-hydrogen) atoms. The molecule has 0 heterocycles. The summed E-state index contributed by atoms with van der Waals surface area (Å²) >= 11 is 0. The molecule has 2 aromatic rings. The number of hydrogen-bond acceptors (Lipinski definition) is 3. The van der Waals surface area contributed by atoms with E-state index in [0.29, 0.717) is 17.1 Å². The Hall–Kier alpha value is -2.29. The van der Waals surface area contributed by atoms with Crippen LogP contribution in [0.2, 0.25) is 0 Å². The first-order valence-electron chi connectivity index (χ1n) is 7.31. The Kier molecular flexibility index (Phi) is 4.86. The number of rotatable bonds is 5. The largest absolute Gasteiger partial charge is 0.497 e. The standard InChI is InChI=1S/C19H22O3/c1-19(2,3)15-8-10-16(11-9-15)22-13-18(20)14-6-5-7-17(12-14)21-4/h5-12H,13H2,1-4H3. The average Bonchev–Trinajstić information content (AvgIpc) is 2.52. The van der Waals surface area contributed by atoms with Gasteiger partial charge in [-0.05, 0) is 35.2 Å². The molecule has 0 fully saturated rings. The summed E-state index contributed by atoms with van der Waals surface area (Å²) in [5.41, 5.74) is 1.93. The maximum Gasteiger partial charge on any atom is 0.200 e. The highest BCUT2D eigenvalue weighted by molar-refractivity contribution is 5.97.